The molecule has 132 valence electrons. The molecule has 0 amide bonds. The van der Waals surface area contributed by atoms with Gasteiger partial charge in [-0.2, -0.15) is 0 Å². The molecule has 0 radical (unpaired) electrons. The topological polar surface area (TPSA) is 149 Å². The minimum Gasteiger partial charge on any atom is -0.478 e. The molecule has 0 atom stereocenters. The zero-order valence-electron chi connectivity index (χ0n) is 13.0. The first-order valence-corrected chi connectivity index (χ1v) is 7.10. The van der Waals surface area contributed by atoms with Gasteiger partial charge in [0.25, 0.3) is 0 Å². The normalized spacial score (nSPS) is 10.6. The second-order valence-electron chi connectivity index (χ2n) is 5.16. The number of aromatic carboxylic acids is 4. The van der Waals surface area contributed by atoms with Gasteiger partial charge in [-0.25, -0.2) is 19.2 Å². The van der Waals surface area contributed by atoms with E-state index in [4.69, 9.17) is 15.3 Å². The predicted molar refractivity (Wildman–Crippen MR) is 89.6 cm³/mol. The van der Waals surface area contributed by atoms with Gasteiger partial charge >= 0.3 is 23.9 Å². The number of carboxylic acid groups (broad SMARTS) is 4. The SMILES string of the molecule is O=C(O)c1ccc(/C=C/c2cc(C(=O)O)c(C(=O)O)cc2C(=O)O)cc1. The molecule has 8 nitrogen and oxygen atoms in total. The summed E-state index contributed by atoms with van der Waals surface area (Å²) >= 11 is 0. The van der Waals surface area contributed by atoms with Gasteiger partial charge in [-0.1, -0.05) is 24.3 Å². The van der Waals surface area contributed by atoms with Crippen molar-refractivity contribution < 1.29 is 39.6 Å². The van der Waals surface area contributed by atoms with Crippen LogP contribution in [0.4, 0.5) is 0 Å². The van der Waals surface area contributed by atoms with Crippen LogP contribution in [-0.2, 0) is 0 Å². The van der Waals surface area contributed by atoms with Crippen molar-refractivity contribution in [2.45, 2.75) is 0 Å². The van der Waals surface area contributed by atoms with Crippen LogP contribution in [0.3, 0.4) is 0 Å². The smallest absolute Gasteiger partial charge is 0.336 e. The van der Waals surface area contributed by atoms with Gasteiger partial charge in [-0.15, -0.1) is 0 Å². The molecule has 0 unspecified atom stereocenters. The second kappa shape index (κ2) is 7.31. The monoisotopic (exact) mass is 356 g/mol. The Morgan fingerprint density at radius 2 is 1.12 bits per heavy atom. The molecule has 0 saturated heterocycles. The molecule has 0 heterocycles. The van der Waals surface area contributed by atoms with Crippen LogP contribution < -0.4 is 0 Å². The summed E-state index contributed by atoms with van der Waals surface area (Å²) in [7, 11) is 0. The molecule has 0 aliphatic heterocycles. The van der Waals surface area contributed by atoms with Crippen LogP contribution in [0.2, 0.25) is 0 Å². The maximum Gasteiger partial charge on any atom is 0.336 e. The van der Waals surface area contributed by atoms with E-state index in [1.165, 1.54) is 36.4 Å². The molecule has 0 bridgehead atoms. The van der Waals surface area contributed by atoms with Crippen LogP contribution in [0.25, 0.3) is 12.2 Å². The summed E-state index contributed by atoms with van der Waals surface area (Å²) in [5, 5.41) is 36.3. The van der Waals surface area contributed by atoms with Gasteiger partial charge in [-0.05, 0) is 35.4 Å². The van der Waals surface area contributed by atoms with Crippen molar-refractivity contribution in [3.8, 4) is 0 Å². The van der Waals surface area contributed by atoms with Crippen molar-refractivity contribution in [2.75, 3.05) is 0 Å². The lowest BCUT2D eigenvalue weighted by Crippen LogP contribution is -2.12. The average Bonchev–Trinajstić information content (AvgIpc) is 2.59. The van der Waals surface area contributed by atoms with E-state index in [2.05, 4.69) is 0 Å². The number of hydrogen-bond donors (Lipinski definition) is 4. The Morgan fingerprint density at radius 1 is 0.615 bits per heavy atom. The maximum atomic E-state index is 11.4. The van der Waals surface area contributed by atoms with Crippen LogP contribution in [0.5, 0.6) is 0 Å². The average molecular weight is 356 g/mol. The van der Waals surface area contributed by atoms with Gasteiger partial charge in [-0.3, -0.25) is 0 Å². The van der Waals surface area contributed by atoms with Gasteiger partial charge in [0.05, 0.1) is 22.3 Å². The molecule has 0 aliphatic carbocycles. The first kappa shape index (κ1) is 18.4. The van der Waals surface area contributed by atoms with E-state index >= 15 is 0 Å². The third-order valence-corrected chi connectivity index (χ3v) is 3.49. The number of carboxylic acids is 4. The standard InChI is InChI=1S/C18H12O8/c19-15(20)10-4-1-9(2-5-10)3-6-11-7-13(17(23)24)14(18(25)26)8-12(11)16(21)22/h1-8H,(H,19,20)(H,21,22)(H,23,24)(H,25,26)/b6-3+. The fraction of sp³-hybridized carbons (Fsp3) is 0. The van der Waals surface area contributed by atoms with Crippen molar-refractivity contribution in [1.82, 2.24) is 0 Å². The Kier molecular flexibility index (Phi) is 5.17. The number of benzene rings is 2. The Balaban J connectivity index is 2.51. The maximum absolute atomic E-state index is 11.4. The van der Waals surface area contributed by atoms with Crippen molar-refractivity contribution in [3.05, 3.63) is 69.8 Å². The molecule has 2 rings (SSSR count). The Bertz CT molecular complexity index is 938. The van der Waals surface area contributed by atoms with Crippen LogP contribution in [-0.4, -0.2) is 44.3 Å². The van der Waals surface area contributed by atoms with Crippen LogP contribution >= 0.6 is 0 Å². The molecular formula is C18H12O8. The highest BCUT2D eigenvalue weighted by atomic mass is 16.4. The van der Waals surface area contributed by atoms with E-state index in [-0.39, 0.29) is 16.7 Å². The van der Waals surface area contributed by atoms with Crippen molar-refractivity contribution in [2.24, 2.45) is 0 Å². The second-order valence-corrected chi connectivity index (χ2v) is 5.16. The summed E-state index contributed by atoms with van der Waals surface area (Å²) in [5.41, 5.74) is -0.910. The van der Waals surface area contributed by atoms with E-state index < -0.39 is 35.0 Å². The molecule has 0 aliphatic rings. The highest BCUT2D eigenvalue weighted by molar-refractivity contribution is 6.05. The number of rotatable bonds is 6. The lowest BCUT2D eigenvalue weighted by atomic mass is 9.97. The molecule has 26 heavy (non-hydrogen) atoms. The first-order chi connectivity index (χ1) is 12.2. The fourth-order valence-electron chi connectivity index (χ4n) is 2.22. The molecule has 4 N–H and O–H groups in total. The number of carbonyl (C=O) groups is 4. The van der Waals surface area contributed by atoms with Gasteiger partial charge in [0, 0.05) is 0 Å². The van der Waals surface area contributed by atoms with Crippen molar-refractivity contribution >= 4 is 36.0 Å². The largest absolute Gasteiger partial charge is 0.478 e. The summed E-state index contributed by atoms with van der Waals surface area (Å²) in [4.78, 5) is 44.6. The minimum atomic E-state index is -1.55. The molecule has 0 aromatic heterocycles. The third-order valence-electron chi connectivity index (χ3n) is 3.49. The van der Waals surface area contributed by atoms with Gasteiger partial charge in [0.1, 0.15) is 0 Å². The summed E-state index contributed by atoms with van der Waals surface area (Å²) in [6.45, 7) is 0. The zero-order valence-corrected chi connectivity index (χ0v) is 13.0. The number of hydrogen-bond acceptors (Lipinski definition) is 4. The van der Waals surface area contributed by atoms with Gasteiger partial charge in [0.15, 0.2) is 0 Å². The van der Waals surface area contributed by atoms with E-state index in [1.807, 2.05) is 0 Å². The highest BCUT2D eigenvalue weighted by Crippen LogP contribution is 2.21. The van der Waals surface area contributed by atoms with Gasteiger partial charge in [0.2, 0.25) is 0 Å². The van der Waals surface area contributed by atoms with Crippen LogP contribution in [0.1, 0.15) is 52.6 Å². The first-order valence-electron chi connectivity index (χ1n) is 7.10. The lowest BCUT2D eigenvalue weighted by Gasteiger charge is -2.07. The van der Waals surface area contributed by atoms with Crippen molar-refractivity contribution in [1.29, 1.82) is 0 Å². The molecule has 2 aromatic rings. The summed E-state index contributed by atoms with van der Waals surface area (Å²) in [6, 6.07) is 7.46. The molecule has 0 saturated carbocycles. The molecule has 2 aromatic carbocycles. The summed E-state index contributed by atoms with van der Waals surface area (Å²) < 4.78 is 0. The molecular weight excluding hydrogens is 344 g/mol. The molecule has 0 fully saturated rings. The zero-order chi connectivity index (χ0) is 19.4. The van der Waals surface area contributed by atoms with Crippen LogP contribution in [0, 0.1) is 0 Å². The quantitative estimate of drug-likeness (QED) is 0.577. The van der Waals surface area contributed by atoms with E-state index in [9.17, 15) is 24.3 Å². The van der Waals surface area contributed by atoms with E-state index in [1.54, 1.807) is 0 Å². The molecule has 8 heteroatoms. The summed E-state index contributed by atoms with van der Waals surface area (Å²) in [6.07, 6.45) is 2.77. The predicted octanol–water partition coefficient (Wildman–Crippen LogP) is 2.65. The fourth-order valence-corrected chi connectivity index (χ4v) is 2.22. The third kappa shape index (κ3) is 3.93. The Labute approximate surface area is 146 Å². The van der Waals surface area contributed by atoms with E-state index in [0.717, 1.165) is 12.1 Å². The van der Waals surface area contributed by atoms with E-state index in [0.29, 0.717) is 5.56 Å². The Morgan fingerprint density at radius 3 is 1.58 bits per heavy atom. The lowest BCUT2D eigenvalue weighted by molar-refractivity contribution is 0.0649. The van der Waals surface area contributed by atoms with Crippen molar-refractivity contribution in [3.63, 3.8) is 0 Å². The highest BCUT2D eigenvalue weighted by Gasteiger charge is 2.21. The van der Waals surface area contributed by atoms with Gasteiger partial charge < -0.3 is 20.4 Å². The Hall–Kier alpha value is -3.94. The van der Waals surface area contributed by atoms with Crippen LogP contribution in [0.15, 0.2) is 36.4 Å². The minimum absolute atomic E-state index is 0.00205. The molecule has 0 spiro atoms. The summed E-state index contributed by atoms with van der Waals surface area (Å²) in [5.74, 6) is -5.56.